The van der Waals surface area contributed by atoms with Gasteiger partial charge < -0.3 is 19.8 Å². The zero-order valence-electron chi connectivity index (χ0n) is 14.3. The zero-order valence-corrected chi connectivity index (χ0v) is 14.3. The third-order valence-electron chi connectivity index (χ3n) is 4.34. The Morgan fingerprint density at radius 2 is 1.41 bits per heavy atom. The first-order valence-electron chi connectivity index (χ1n) is 8.17. The second kappa shape index (κ2) is 7.27. The van der Waals surface area contributed by atoms with Gasteiger partial charge in [-0.15, -0.1) is 0 Å². The average molecular weight is 358 g/mol. The Hall–Kier alpha value is -3.70. The van der Waals surface area contributed by atoms with E-state index < -0.39 is 5.97 Å². The first kappa shape index (κ1) is 18.1. The van der Waals surface area contributed by atoms with Crippen molar-refractivity contribution in [2.24, 2.45) is 0 Å². The summed E-state index contributed by atoms with van der Waals surface area (Å²) < 4.78 is 1.73. The van der Waals surface area contributed by atoms with Crippen molar-refractivity contribution in [2.45, 2.75) is 0 Å². The van der Waals surface area contributed by atoms with Crippen molar-refractivity contribution >= 4 is 17.3 Å². The van der Waals surface area contributed by atoms with E-state index >= 15 is 0 Å². The Balaban J connectivity index is 0.00000210. The number of hydrogen-bond acceptors (Lipinski definition) is 3. The van der Waals surface area contributed by atoms with Gasteiger partial charge in [-0.3, -0.25) is 4.79 Å². The summed E-state index contributed by atoms with van der Waals surface area (Å²) in [6.45, 7) is 0. The van der Waals surface area contributed by atoms with Gasteiger partial charge >= 0.3 is 0 Å². The predicted molar refractivity (Wildman–Crippen MR) is 101 cm³/mol. The molecule has 0 saturated carbocycles. The monoisotopic (exact) mass is 358 g/mol. The third kappa shape index (κ3) is 3.23. The number of rotatable bonds is 4. The lowest BCUT2D eigenvalue weighted by Gasteiger charge is -2.08. The van der Waals surface area contributed by atoms with Crippen LogP contribution in [0.5, 0.6) is 0 Å². The second-order valence-corrected chi connectivity index (χ2v) is 5.97. The quantitative estimate of drug-likeness (QED) is 0.524. The van der Waals surface area contributed by atoms with Crippen LogP contribution in [0, 0.1) is 0 Å². The number of fused-ring (bicyclic) bond motifs is 1. The number of nitrogens with zero attached hydrogens (tertiary/aromatic N) is 1. The van der Waals surface area contributed by atoms with Crippen molar-refractivity contribution in [3.05, 3.63) is 102 Å². The highest BCUT2D eigenvalue weighted by atomic mass is 16.4. The highest BCUT2D eigenvalue weighted by Gasteiger charge is 2.20. The highest BCUT2D eigenvalue weighted by molar-refractivity contribution is 6.13. The van der Waals surface area contributed by atoms with Crippen LogP contribution in [0.1, 0.15) is 26.4 Å². The summed E-state index contributed by atoms with van der Waals surface area (Å²) in [4.78, 5) is 24.4. The fraction of sp³-hybridized carbons (Fsp3) is 0. The number of carbonyl (C=O) groups excluding carboxylic acids is 2. The molecule has 0 unspecified atom stereocenters. The number of ketones is 1. The standard InChI is InChI=1S/C22H15NO3.H2O/c24-21(16-9-5-2-6-10-16)20-19(15-7-3-1-4-8-15)14-18-13-17(22(25)26)11-12-23(18)20;/h1-14H,(H,25,26);1H2/p-1. The Morgan fingerprint density at radius 1 is 0.778 bits per heavy atom. The van der Waals surface area contributed by atoms with E-state index in [0.29, 0.717) is 16.8 Å². The maximum Gasteiger partial charge on any atom is 0.210 e. The average Bonchev–Trinajstić information content (AvgIpc) is 3.07. The fourth-order valence-electron chi connectivity index (χ4n) is 3.10. The van der Waals surface area contributed by atoms with Crippen molar-refractivity contribution in [2.75, 3.05) is 0 Å². The first-order chi connectivity index (χ1) is 12.6. The van der Waals surface area contributed by atoms with Crippen molar-refractivity contribution in [1.82, 2.24) is 4.40 Å². The van der Waals surface area contributed by atoms with E-state index in [-0.39, 0.29) is 16.8 Å². The van der Waals surface area contributed by atoms with E-state index in [2.05, 4.69) is 0 Å². The van der Waals surface area contributed by atoms with Gasteiger partial charge in [0.05, 0.1) is 5.97 Å². The Labute approximate surface area is 155 Å². The van der Waals surface area contributed by atoms with E-state index in [1.807, 2.05) is 54.6 Å². The Bertz CT molecular complexity index is 1120. The van der Waals surface area contributed by atoms with Crippen LogP contribution in [0.4, 0.5) is 0 Å². The minimum atomic E-state index is -1.24. The molecule has 2 N–H and O–H groups in total. The molecule has 5 nitrogen and oxygen atoms in total. The summed E-state index contributed by atoms with van der Waals surface area (Å²) >= 11 is 0. The number of hydrogen-bond donors (Lipinski definition) is 0. The summed E-state index contributed by atoms with van der Waals surface area (Å²) in [5, 5.41) is 11.2. The molecule has 0 saturated heterocycles. The lowest BCUT2D eigenvalue weighted by molar-refractivity contribution is -0.255. The van der Waals surface area contributed by atoms with E-state index in [0.717, 1.165) is 11.1 Å². The molecule has 0 fully saturated rings. The van der Waals surface area contributed by atoms with Crippen LogP contribution in [0.15, 0.2) is 85.1 Å². The molecule has 5 heteroatoms. The number of aromatic nitrogens is 1. The molecule has 4 aromatic rings. The lowest BCUT2D eigenvalue weighted by atomic mass is 10.0. The molecule has 0 atom stereocenters. The zero-order chi connectivity index (χ0) is 18.1. The summed E-state index contributed by atoms with van der Waals surface area (Å²) in [6.07, 6.45) is 1.60. The van der Waals surface area contributed by atoms with Crippen LogP contribution in [-0.4, -0.2) is 21.6 Å². The van der Waals surface area contributed by atoms with Gasteiger partial charge in [-0.1, -0.05) is 60.7 Å². The second-order valence-electron chi connectivity index (χ2n) is 5.97. The molecule has 2 aromatic heterocycles. The molecule has 0 bridgehead atoms. The Kier molecular flexibility index (Phi) is 4.88. The third-order valence-corrected chi connectivity index (χ3v) is 4.34. The molecule has 0 spiro atoms. The fourth-order valence-corrected chi connectivity index (χ4v) is 3.10. The molecule has 0 aliphatic carbocycles. The maximum atomic E-state index is 13.2. The number of carboxylic acid groups (broad SMARTS) is 1. The van der Waals surface area contributed by atoms with Gasteiger partial charge in [-0.25, -0.2) is 0 Å². The van der Waals surface area contributed by atoms with Crippen molar-refractivity contribution in [1.29, 1.82) is 0 Å². The minimum Gasteiger partial charge on any atom is -0.545 e. The molecular formula is C22H16NO4-. The van der Waals surface area contributed by atoms with E-state index in [1.54, 1.807) is 22.7 Å². The van der Waals surface area contributed by atoms with Gasteiger partial charge in [-0.05, 0) is 23.8 Å². The molecule has 0 aliphatic heterocycles. The molecule has 0 aliphatic rings. The van der Waals surface area contributed by atoms with Gasteiger partial charge in [-0.2, -0.15) is 0 Å². The molecule has 2 heterocycles. The number of aromatic carboxylic acids is 1. The first-order valence-corrected chi connectivity index (χ1v) is 8.17. The Morgan fingerprint density at radius 3 is 2.04 bits per heavy atom. The van der Waals surface area contributed by atoms with Gasteiger partial charge in [0, 0.05) is 28.4 Å². The molecule has 0 radical (unpaired) electrons. The number of pyridine rings is 1. The summed E-state index contributed by atoms with van der Waals surface area (Å²) in [6, 6.07) is 23.4. The van der Waals surface area contributed by atoms with Gasteiger partial charge in [0.15, 0.2) is 0 Å². The smallest absolute Gasteiger partial charge is 0.210 e. The van der Waals surface area contributed by atoms with Gasteiger partial charge in [0.25, 0.3) is 0 Å². The van der Waals surface area contributed by atoms with E-state index in [4.69, 9.17) is 0 Å². The minimum absolute atomic E-state index is 0. The lowest BCUT2D eigenvalue weighted by Crippen LogP contribution is -2.22. The van der Waals surface area contributed by atoms with Crippen molar-refractivity contribution in [3.63, 3.8) is 0 Å². The van der Waals surface area contributed by atoms with Crippen molar-refractivity contribution in [3.8, 4) is 11.1 Å². The van der Waals surface area contributed by atoms with Crippen LogP contribution < -0.4 is 5.11 Å². The molecule has 0 amide bonds. The predicted octanol–water partition coefficient (Wildman–Crippen LogP) is 2.38. The van der Waals surface area contributed by atoms with Crippen LogP contribution in [0.25, 0.3) is 16.6 Å². The van der Waals surface area contributed by atoms with E-state index in [1.165, 1.54) is 12.1 Å². The maximum absolute atomic E-state index is 13.2. The molecular weight excluding hydrogens is 342 g/mol. The summed E-state index contributed by atoms with van der Waals surface area (Å²) in [5.41, 5.74) is 3.44. The normalized spacial score (nSPS) is 10.4. The largest absolute Gasteiger partial charge is 0.545 e. The summed E-state index contributed by atoms with van der Waals surface area (Å²) in [5.74, 6) is -1.36. The highest BCUT2D eigenvalue weighted by Crippen LogP contribution is 2.30. The molecule has 4 rings (SSSR count). The number of carboxylic acids is 1. The van der Waals surface area contributed by atoms with Crippen molar-refractivity contribution < 1.29 is 20.2 Å². The van der Waals surface area contributed by atoms with Crippen LogP contribution in [0.2, 0.25) is 0 Å². The van der Waals surface area contributed by atoms with Crippen LogP contribution in [-0.2, 0) is 0 Å². The van der Waals surface area contributed by atoms with Crippen LogP contribution >= 0.6 is 0 Å². The molecule has 134 valence electrons. The van der Waals surface area contributed by atoms with E-state index in [9.17, 15) is 14.7 Å². The van der Waals surface area contributed by atoms with Crippen LogP contribution in [0.3, 0.4) is 0 Å². The molecule has 2 aromatic carbocycles. The number of carbonyl (C=O) groups is 2. The number of benzene rings is 2. The van der Waals surface area contributed by atoms with Gasteiger partial charge in [0.1, 0.15) is 5.69 Å². The SMILES string of the molecule is O.O=C([O-])c1ccn2c(C(=O)c3ccccc3)c(-c3ccccc3)cc2c1. The summed E-state index contributed by atoms with van der Waals surface area (Å²) in [7, 11) is 0. The van der Waals surface area contributed by atoms with Gasteiger partial charge in [0.2, 0.25) is 5.78 Å². The molecule has 27 heavy (non-hydrogen) atoms. The topological polar surface area (TPSA) is 93.1 Å².